The van der Waals surface area contributed by atoms with Gasteiger partial charge >= 0.3 is 5.97 Å². The molecule has 1 heterocycles. The van der Waals surface area contributed by atoms with E-state index in [2.05, 4.69) is 24.3 Å². The largest absolute Gasteiger partial charge is 0.481 e. The Labute approximate surface area is 108 Å². The van der Waals surface area contributed by atoms with Crippen LogP contribution in [0, 0.1) is 5.41 Å². The summed E-state index contributed by atoms with van der Waals surface area (Å²) in [6.07, 6.45) is 2.40. The van der Waals surface area contributed by atoms with E-state index in [0.29, 0.717) is 25.6 Å². The Morgan fingerprint density at radius 1 is 1.56 bits per heavy atom. The molecule has 0 amide bonds. The standard InChI is InChI=1S/C13H23N3O2/c1-10(2)16-11(5-7-15-16)9-14-8-6-13(3,4)12(17)18/h5,7,10,14H,6,8-9H2,1-4H3,(H,17,18). The van der Waals surface area contributed by atoms with Gasteiger partial charge in [0.2, 0.25) is 0 Å². The minimum Gasteiger partial charge on any atom is -0.481 e. The van der Waals surface area contributed by atoms with Crippen molar-refractivity contribution in [3.05, 3.63) is 18.0 Å². The van der Waals surface area contributed by atoms with E-state index in [1.807, 2.05) is 10.7 Å². The summed E-state index contributed by atoms with van der Waals surface area (Å²) in [6, 6.07) is 2.32. The van der Waals surface area contributed by atoms with Gasteiger partial charge in [0.15, 0.2) is 0 Å². The van der Waals surface area contributed by atoms with E-state index < -0.39 is 11.4 Å². The van der Waals surface area contributed by atoms with Crippen molar-refractivity contribution in [1.29, 1.82) is 0 Å². The molecule has 0 aliphatic rings. The van der Waals surface area contributed by atoms with E-state index in [-0.39, 0.29) is 0 Å². The molecular formula is C13H23N3O2. The number of aromatic nitrogens is 2. The van der Waals surface area contributed by atoms with E-state index in [9.17, 15) is 4.79 Å². The highest BCUT2D eigenvalue weighted by atomic mass is 16.4. The molecule has 0 saturated heterocycles. The maximum absolute atomic E-state index is 10.9. The van der Waals surface area contributed by atoms with E-state index in [4.69, 9.17) is 5.11 Å². The molecule has 0 fully saturated rings. The topological polar surface area (TPSA) is 67.2 Å². The fraction of sp³-hybridized carbons (Fsp3) is 0.692. The van der Waals surface area contributed by atoms with Crippen molar-refractivity contribution in [3.8, 4) is 0 Å². The number of rotatable bonds is 7. The number of hydrogen-bond donors (Lipinski definition) is 2. The predicted octanol–water partition coefficient (Wildman–Crippen LogP) is 2.05. The summed E-state index contributed by atoms with van der Waals surface area (Å²) in [6.45, 7) is 9.06. The van der Waals surface area contributed by atoms with Crippen LogP contribution in [0.4, 0.5) is 0 Å². The zero-order valence-electron chi connectivity index (χ0n) is 11.6. The summed E-state index contributed by atoms with van der Waals surface area (Å²) in [5.41, 5.74) is 0.448. The number of carbonyl (C=O) groups is 1. The lowest BCUT2D eigenvalue weighted by molar-refractivity contribution is -0.147. The Hall–Kier alpha value is -1.36. The summed E-state index contributed by atoms with van der Waals surface area (Å²) in [5, 5.41) is 16.5. The molecule has 1 rings (SSSR count). The number of carboxylic acid groups (broad SMARTS) is 1. The lowest BCUT2D eigenvalue weighted by atomic mass is 9.90. The summed E-state index contributed by atoms with van der Waals surface area (Å²) in [5.74, 6) is -0.753. The maximum atomic E-state index is 10.9. The van der Waals surface area contributed by atoms with Gasteiger partial charge in [-0.3, -0.25) is 9.48 Å². The highest BCUT2D eigenvalue weighted by Gasteiger charge is 2.26. The molecule has 0 bridgehead atoms. The molecule has 0 atom stereocenters. The van der Waals surface area contributed by atoms with Crippen LogP contribution in [0.5, 0.6) is 0 Å². The first-order chi connectivity index (χ1) is 8.34. The van der Waals surface area contributed by atoms with Crippen LogP contribution < -0.4 is 5.32 Å². The van der Waals surface area contributed by atoms with Crippen molar-refractivity contribution in [2.45, 2.75) is 46.7 Å². The number of carboxylic acids is 1. The monoisotopic (exact) mass is 253 g/mol. The zero-order chi connectivity index (χ0) is 13.8. The van der Waals surface area contributed by atoms with Crippen molar-refractivity contribution in [1.82, 2.24) is 15.1 Å². The van der Waals surface area contributed by atoms with Crippen LogP contribution in [0.25, 0.3) is 0 Å². The van der Waals surface area contributed by atoms with Crippen molar-refractivity contribution in [2.24, 2.45) is 5.41 Å². The number of nitrogens with one attached hydrogen (secondary N) is 1. The number of aliphatic carboxylic acids is 1. The van der Waals surface area contributed by atoms with Gasteiger partial charge < -0.3 is 10.4 Å². The van der Waals surface area contributed by atoms with Gasteiger partial charge in [0.05, 0.1) is 11.1 Å². The van der Waals surface area contributed by atoms with E-state index in [1.54, 1.807) is 20.0 Å². The first kappa shape index (κ1) is 14.7. The van der Waals surface area contributed by atoms with Gasteiger partial charge in [-0.25, -0.2) is 0 Å². The van der Waals surface area contributed by atoms with Crippen molar-refractivity contribution in [3.63, 3.8) is 0 Å². The smallest absolute Gasteiger partial charge is 0.309 e. The summed E-state index contributed by atoms with van der Waals surface area (Å²) in [7, 11) is 0. The third-order valence-electron chi connectivity index (χ3n) is 3.05. The Bertz CT molecular complexity index is 397. The molecule has 2 N–H and O–H groups in total. The van der Waals surface area contributed by atoms with Crippen LogP contribution in [0.3, 0.4) is 0 Å². The van der Waals surface area contributed by atoms with E-state index >= 15 is 0 Å². The van der Waals surface area contributed by atoms with Crippen LogP contribution in [0.2, 0.25) is 0 Å². The molecule has 0 aliphatic heterocycles. The first-order valence-electron chi connectivity index (χ1n) is 6.31. The van der Waals surface area contributed by atoms with Crippen molar-refractivity contribution >= 4 is 5.97 Å². The Kier molecular flexibility index (Phi) is 4.90. The normalized spacial score (nSPS) is 12.1. The quantitative estimate of drug-likeness (QED) is 0.730. The van der Waals surface area contributed by atoms with E-state index in [1.165, 1.54) is 0 Å². The lowest BCUT2D eigenvalue weighted by Gasteiger charge is -2.19. The van der Waals surface area contributed by atoms with Gasteiger partial charge in [0.1, 0.15) is 0 Å². The number of hydrogen-bond acceptors (Lipinski definition) is 3. The van der Waals surface area contributed by atoms with Gasteiger partial charge in [0.25, 0.3) is 0 Å². The van der Waals surface area contributed by atoms with E-state index in [0.717, 1.165) is 5.69 Å². The molecule has 0 radical (unpaired) electrons. The summed E-state index contributed by atoms with van der Waals surface area (Å²) >= 11 is 0. The second kappa shape index (κ2) is 6.00. The molecule has 0 aromatic carbocycles. The van der Waals surface area contributed by atoms with Crippen LogP contribution in [0.15, 0.2) is 12.3 Å². The SMILES string of the molecule is CC(C)n1nccc1CNCCC(C)(C)C(=O)O. The van der Waals surface area contributed by atoms with Gasteiger partial charge in [0, 0.05) is 18.8 Å². The molecule has 0 aliphatic carbocycles. The van der Waals surface area contributed by atoms with Gasteiger partial charge in [-0.05, 0) is 46.7 Å². The highest BCUT2D eigenvalue weighted by Crippen LogP contribution is 2.19. The van der Waals surface area contributed by atoms with Crippen LogP contribution in [-0.2, 0) is 11.3 Å². The van der Waals surface area contributed by atoms with Gasteiger partial charge in [-0.1, -0.05) is 0 Å². The minimum atomic E-state index is -0.753. The average molecular weight is 253 g/mol. The fourth-order valence-corrected chi connectivity index (χ4v) is 1.67. The fourth-order valence-electron chi connectivity index (χ4n) is 1.67. The molecule has 102 valence electrons. The Morgan fingerprint density at radius 2 is 2.22 bits per heavy atom. The highest BCUT2D eigenvalue weighted by molar-refractivity contribution is 5.73. The van der Waals surface area contributed by atoms with Crippen LogP contribution >= 0.6 is 0 Å². The van der Waals surface area contributed by atoms with Crippen LogP contribution in [-0.4, -0.2) is 27.4 Å². The summed E-state index contributed by atoms with van der Waals surface area (Å²) in [4.78, 5) is 10.9. The first-order valence-corrected chi connectivity index (χ1v) is 6.31. The lowest BCUT2D eigenvalue weighted by Crippen LogP contribution is -2.29. The minimum absolute atomic E-state index is 0.340. The third-order valence-corrected chi connectivity index (χ3v) is 3.05. The molecule has 5 nitrogen and oxygen atoms in total. The Balaban J connectivity index is 2.39. The molecule has 5 heteroatoms. The molecule has 1 aromatic rings. The maximum Gasteiger partial charge on any atom is 0.309 e. The van der Waals surface area contributed by atoms with Crippen molar-refractivity contribution in [2.75, 3.05) is 6.54 Å². The summed E-state index contributed by atoms with van der Waals surface area (Å²) < 4.78 is 1.97. The predicted molar refractivity (Wildman–Crippen MR) is 70.4 cm³/mol. The molecule has 0 spiro atoms. The zero-order valence-corrected chi connectivity index (χ0v) is 11.6. The molecule has 18 heavy (non-hydrogen) atoms. The Morgan fingerprint density at radius 3 is 2.78 bits per heavy atom. The second-order valence-electron chi connectivity index (χ2n) is 5.48. The molecule has 0 unspecified atom stereocenters. The third kappa shape index (κ3) is 3.84. The number of nitrogens with zero attached hydrogens (tertiary/aromatic N) is 2. The molecular weight excluding hydrogens is 230 g/mol. The van der Waals surface area contributed by atoms with Crippen molar-refractivity contribution < 1.29 is 9.90 Å². The average Bonchev–Trinajstić information content (AvgIpc) is 2.72. The van der Waals surface area contributed by atoms with Gasteiger partial charge in [-0.15, -0.1) is 0 Å². The second-order valence-corrected chi connectivity index (χ2v) is 5.48. The van der Waals surface area contributed by atoms with Gasteiger partial charge in [-0.2, -0.15) is 5.10 Å². The van der Waals surface area contributed by atoms with Crippen LogP contribution in [0.1, 0.15) is 45.9 Å². The molecule has 1 aromatic heterocycles. The molecule has 0 saturated carbocycles.